The number of hydrogen-bond donors (Lipinski definition) is 1. The first-order valence-corrected chi connectivity index (χ1v) is 6.13. The van der Waals surface area contributed by atoms with Crippen LogP contribution in [0.3, 0.4) is 0 Å². The normalized spacial score (nSPS) is 11.8. The summed E-state index contributed by atoms with van der Waals surface area (Å²) < 4.78 is 1.98. The van der Waals surface area contributed by atoms with Crippen molar-refractivity contribution in [3.05, 3.63) is 17.0 Å². The van der Waals surface area contributed by atoms with Gasteiger partial charge < -0.3 is 5.11 Å². The number of aryl methyl sites for hydroxylation is 1. The predicted octanol–water partition coefficient (Wildman–Crippen LogP) is 2.39. The van der Waals surface area contributed by atoms with Crippen LogP contribution in [-0.2, 0) is 29.6 Å². The summed E-state index contributed by atoms with van der Waals surface area (Å²) in [4.78, 5) is 10.9. The van der Waals surface area contributed by atoms with Crippen molar-refractivity contribution < 1.29 is 9.90 Å². The summed E-state index contributed by atoms with van der Waals surface area (Å²) in [5.41, 5.74) is 2.76. The molecule has 0 spiro atoms. The Kier molecular flexibility index (Phi) is 3.96. The number of hydrogen-bond acceptors (Lipinski definition) is 2. The number of nitrogens with zero attached hydrogens (tertiary/aromatic N) is 2. The minimum absolute atomic E-state index is 0.0719. The largest absolute Gasteiger partial charge is 0.481 e. The second-order valence-electron chi connectivity index (χ2n) is 5.23. The Morgan fingerprint density at radius 1 is 1.29 bits per heavy atom. The molecule has 0 atom stereocenters. The number of aliphatic carboxylic acids is 1. The van der Waals surface area contributed by atoms with Crippen LogP contribution >= 0.6 is 0 Å². The lowest BCUT2D eigenvalue weighted by Gasteiger charge is -2.22. The fourth-order valence-electron chi connectivity index (χ4n) is 2.09. The molecule has 1 heterocycles. The van der Waals surface area contributed by atoms with E-state index in [9.17, 15) is 4.79 Å². The van der Waals surface area contributed by atoms with Gasteiger partial charge in [-0.2, -0.15) is 5.10 Å². The van der Waals surface area contributed by atoms with Gasteiger partial charge in [-0.1, -0.05) is 13.8 Å². The molecule has 0 fully saturated rings. The van der Waals surface area contributed by atoms with E-state index in [1.54, 1.807) is 0 Å². The molecule has 0 radical (unpaired) electrons. The first kappa shape index (κ1) is 13.7. The van der Waals surface area contributed by atoms with Gasteiger partial charge in [0.1, 0.15) is 0 Å². The van der Waals surface area contributed by atoms with Crippen molar-refractivity contribution in [1.82, 2.24) is 9.78 Å². The molecular weight excluding hydrogens is 216 g/mol. The van der Waals surface area contributed by atoms with E-state index in [4.69, 9.17) is 5.11 Å². The Labute approximate surface area is 103 Å². The van der Waals surface area contributed by atoms with Crippen molar-refractivity contribution in [2.75, 3.05) is 0 Å². The second kappa shape index (κ2) is 4.90. The van der Waals surface area contributed by atoms with Gasteiger partial charge in [-0.25, -0.2) is 0 Å². The maximum Gasteiger partial charge on any atom is 0.307 e. The molecule has 1 N–H and O–H groups in total. The lowest BCUT2D eigenvalue weighted by atomic mass is 10.0. The van der Waals surface area contributed by atoms with E-state index in [2.05, 4.69) is 25.9 Å². The molecule has 0 unspecified atom stereocenters. The molecule has 4 heteroatoms. The first-order valence-electron chi connectivity index (χ1n) is 6.13. The van der Waals surface area contributed by atoms with Gasteiger partial charge in [0, 0.05) is 11.3 Å². The number of carboxylic acids is 1. The fraction of sp³-hybridized carbons (Fsp3) is 0.692. The molecule has 0 aliphatic carbocycles. The van der Waals surface area contributed by atoms with Gasteiger partial charge >= 0.3 is 5.97 Å². The van der Waals surface area contributed by atoms with Crippen LogP contribution in [0.25, 0.3) is 0 Å². The van der Waals surface area contributed by atoms with Crippen LogP contribution in [0.15, 0.2) is 0 Å². The highest BCUT2D eigenvalue weighted by Gasteiger charge is 2.24. The van der Waals surface area contributed by atoms with E-state index in [-0.39, 0.29) is 12.0 Å². The molecule has 0 aliphatic rings. The number of aromatic nitrogens is 2. The zero-order chi connectivity index (χ0) is 13.2. The highest BCUT2D eigenvalue weighted by molar-refractivity contribution is 5.71. The molecule has 0 aromatic carbocycles. The van der Waals surface area contributed by atoms with Crippen LogP contribution in [0.1, 0.15) is 51.6 Å². The van der Waals surface area contributed by atoms with E-state index in [1.807, 2.05) is 18.5 Å². The molecular formula is C13H22N2O2. The van der Waals surface area contributed by atoms with E-state index in [0.717, 1.165) is 29.8 Å². The Morgan fingerprint density at radius 2 is 1.88 bits per heavy atom. The van der Waals surface area contributed by atoms with Gasteiger partial charge in [-0.3, -0.25) is 9.48 Å². The van der Waals surface area contributed by atoms with Crippen LogP contribution in [0.2, 0.25) is 0 Å². The number of carbonyl (C=O) groups is 1. The van der Waals surface area contributed by atoms with E-state index in [1.165, 1.54) is 0 Å². The Morgan fingerprint density at radius 3 is 2.24 bits per heavy atom. The summed E-state index contributed by atoms with van der Waals surface area (Å²) in [6.07, 6.45) is 1.66. The minimum Gasteiger partial charge on any atom is -0.481 e. The third-order valence-corrected chi connectivity index (χ3v) is 2.81. The summed E-state index contributed by atoms with van der Waals surface area (Å²) >= 11 is 0. The van der Waals surface area contributed by atoms with Gasteiger partial charge in [-0.05, 0) is 33.6 Å². The van der Waals surface area contributed by atoms with Crippen molar-refractivity contribution in [2.45, 2.75) is 59.4 Å². The van der Waals surface area contributed by atoms with Gasteiger partial charge in [-0.15, -0.1) is 0 Å². The maximum atomic E-state index is 10.9. The topological polar surface area (TPSA) is 55.1 Å². The summed E-state index contributed by atoms with van der Waals surface area (Å²) in [7, 11) is 0. The van der Waals surface area contributed by atoms with Crippen LogP contribution in [-0.4, -0.2) is 20.9 Å². The third kappa shape index (κ3) is 2.87. The predicted molar refractivity (Wildman–Crippen MR) is 67.3 cm³/mol. The molecule has 0 bridgehead atoms. The summed E-state index contributed by atoms with van der Waals surface area (Å²) in [6.45, 7) is 10.3. The summed E-state index contributed by atoms with van der Waals surface area (Å²) in [5.74, 6) is -0.789. The summed E-state index contributed by atoms with van der Waals surface area (Å²) in [6, 6.07) is 0. The lowest BCUT2D eigenvalue weighted by Crippen LogP contribution is -2.25. The van der Waals surface area contributed by atoms with E-state index >= 15 is 0 Å². The molecule has 4 nitrogen and oxygen atoms in total. The smallest absolute Gasteiger partial charge is 0.307 e. The van der Waals surface area contributed by atoms with Crippen LogP contribution in [0.4, 0.5) is 0 Å². The molecule has 0 amide bonds. The van der Waals surface area contributed by atoms with Gasteiger partial charge in [0.25, 0.3) is 0 Å². The highest BCUT2D eigenvalue weighted by Crippen LogP contribution is 2.23. The average Bonchev–Trinajstić information content (AvgIpc) is 2.54. The highest BCUT2D eigenvalue weighted by atomic mass is 16.4. The minimum atomic E-state index is -0.789. The molecule has 0 saturated carbocycles. The van der Waals surface area contributed by atoms with Crippen molar-refractivity contribution >= 4 is 5.97 Å². The van der Waals surface area contributed by atoms with Crippen LogP contribution < -0.4 is 0 Å². The molecule has 0 saturated heterocycles. The van der Waals surface area contributed by atoms with Crippen molar-refractivity contribution in [2.24, 2.45) is 0 Å². The van der Waals surface area contributed by atoms with Crippen molar-refractivity contribution in [3.63, 3.8) is 0 Å². The Bertz CT molecular complexity index is 414. The second-order valence-corrected chi connectivity index (χ2v) is 5.23. The lowest BCUT2D eigenvalue weighted by molar-refractivity contribution is -0.136. The van der Waals surface area contributed by atoms with E-state index in [0.29, 0.717) is 0 Å². The average molecular weight is 238 g/mol. The Hall–Kier alpha value is -1.32. The fourth-order valence-corrected chi connectivity index (χ4v) is 2.09. The van der Waals surface area contributed by atoms with E-state index < -0.39 is 5.97 Å². The number of rotatable bonds is 4. The quantitative estimate of drug-likeness (QED) is 0.876. The van der Waals surface area contributed by atoms with Crippen LogP contribution in [0, 0.1) is 0 Å². The molecule has 1 aromatic heterocycles. The Balaban J connectivity index is 3.35. The van der Waals surface area contributed by atoms with Gasteiger partial charge in [0.15, 0.2) is 0 Å². The van der Waals surface area contributed by atoms with Gasteiger partial charge in [0.2, 0.25) is 0 Å². The molecule has 96 valence electrons. The summed E-state index contributed by atoms with van der Waals surface area (Å²) in [5, 5.41) is 13.6. The molecule has 1 aromatic rings. The SMILES string of the molecule is CCc1nn(C(C)(C)C)c(CC)c1CC(=O)O. The maximum absolute atomic E-state index is 10.9. The van der Waals surface area contributed by atoms with Crippen molar-refractivity contribution in [1.29, 1.82) is 0 Å². The zero-order valence-corrected chi connectivity index (χ0v) is 11.4. The zero-order valence-electron chi connectivity index (χ0n) is 11.4. The molecule has 17 heavy (non-hydrogen) atoms. The third-order valence-electron chi connectivity index (χ3n) is 2.81. The first-order chi connectivity index (χ1) is 7.81. The van der Waals surface area contributed by atoms with Crippen LogP contribution in [0.5, 0.6) is 0 Å². The van der Waals surface area contributed by atoms with Crippen molar-refractivity contribution in [3.8, 4) is 0 Å². The molecule has 0 aliphatic heterocycles. The van der Waals surface area contributed by atoms with Gasteiger partial charge in [0.05, 0.1) is 17.7 Å². The monoisotopic (exact) mass is 238 g/mol. The number of carboxylic acid groups (broad SMARTS) is 1. The molecule has 1 rings (SSSR count). The standard InChI is InChI=1S/C13H22N2O2/c1-6-10-9(8-12(16)17)11(7-2)15(14-10)13(3,4)5/h6-8H2,1-5H3,(H,16,17).